The molecule has 5 heteroatoms. The van der Waals surface area contributed by atoms with Gasteiger partial charge in [-0.1, -0.05) is 6.07 Å². The Bertz CT molecular complexity index is 424. The van der Waals surface area contributed by atoms with Crippen molar-refractivity contribution >= 4 is 5.91 Å². The molecular weight excluding hydrogens is 242 g/mol. The zero-order valence-electron chi connectivity index (χ0n) is 11.5. The summed E-state index contributed by atoms with van der Waals surface area (Å²) >= 11 is 0. The number of carbonyl (C=O) groups is 1. The minimum atomic E-state index is -0.456. The summed E-state index contributed by atoms with van der Waals surface area (Å²) in [5.41, 5.74) is 1.06. The first kappa shape index (κ1) is 14.0. The molecule has 1 amide bonds. The normalized spacial score (nSPS) is 25.4. The average Bonchev–Trinajstić information content (AvgIpc) is 2.53. The Labute approximate surface area is 113 Å². The number of aliphatic hydroxyl groups excluding tert-OH is 1. The summed E-state index contributed by atoms with van der Waals surface area (Å²) in [6.07, 6.45) is 4.46. The summed E-state index contributed by atoms with van der Waals surface area (Å²) in [7, 11) is 1.80. The Hall–Kier alpha value is -1.46. The number of nitrogens with zero attached hydrogens (tertiary/aromatic N) is 3. The third-order valence-corrected chi connectivity index (χ3v) is 3.77. The van der Waals surface area contributed by atoms with Crippen molar-refractivity contribution in [3.8, 4) is 0 Å². The maximum absolute atomic E-state index is 12.2. The van der Waals surface area contributed by atoms with E-state index in [1.807, 2.05) is 12.1 Å². The van der Waals surface area contributed by atoms with Crippen molar-refractivity contribution in [3.63, 3.8) is 0 Å². The molecule has 104 valence electrons. The monoisotopic (exact) mass is 263 g/mol. The summed E-state index contributed by atoms with van der Waals surface area (Å²) < 4.78 is 0. The van der Waals surface area contributed by atoms with Gasteiger partial charge < -0.3 is 10.0 Å². The van der Waals surface area contributed by atoms with Crippen LogP contribution in [0.3, 0.4) is 0 Å². The van der Waals surface area contributed by atoms with Crippen LogP contribution in [-0.4, -0.2) is 58.1 Å². The molecule has 1 fully saturated rings. The number of likely N-dealkylation sites (N-methyl/N-ethyl adjacent to an activating group) is 1. The molecular formula is C14H21N3O2. The van der Waals surface area contributed by atoms with Crippen molar-refractivity contribution in [3.05, 3.63) is 30.1 Å². The van der Waals surface area contributed by atoms with E-state index in [0.29, 0.717) is 6.54 Å². The molecule has 0 aromatic carbocycles. The van der Waals surface area contributed by atoms with Gasteiger partial charge in [0.15, 0.2) is 0 Å². The molecule has 1 saturated heterocycles. The van der Waals surface area contributed by atoms with Crippen molar-refractivity contribution in [2.75, 3.05) is 20.2 Å². The van der Waals surface area contributed by atoms with E-state index in [0.717, 1.165) is 18.5 Å². The highest BCUT2D eigenvalue weighted by atomic mass is 16.3. The number of aromatic nitrogens is 1. The molecule has 1 N–H and O–H groups in total. The van der Waals surface area contributed by atoms with E-state index >= 15 is 0 Å². The second-order valence-electron chi connectivity index (χ2n) is 5.13. The van der Waals surface area contributed by atoms with Crippen molar-refractivity contribution < 1.29 is 9.90 Å². The minimum Gasteiger partial charge on any atom is -0.394 e. The molecule has 2 rings (SSSR count). The van der Waals surface area contributed by atoms with Gasteiger partial charge in [0, 0.05) is 38.6 Å². The molecule has 1 aromatic rings. The van der Waals surface area contributed by atoms with Crippen molar-refractivity contribution in [2.24, 2.45) is 0 Å². The van der Waals surface area contributed by atoms with Crippen LogP contribution in [0.25, 0.3) is 0 Å². The standard InChI is InChI=1S/C14H21N3O2/c1-11-5-7-16(2)14(19)13(10-18)17(11)9-12-4-3-6-15-8-12/h3-4,6,8,11,13,18H,5,7,9-10H2,1-2H3. The predicted molar refractivity (Wildman–Crippen MR) is 72.4 cm³/mol. The van der Waals surface area contributed by atoms with E-state index in [9.17, 15) is 9.90 Å². The Morgan fingerprint density at radius 1 is 1.53 bits per heavy atom. The van der Waals surface area contributed by atoms with Crippen LogP contribution >= 0.6 is 0 Å². The van der Waals surface area contributed by atoms with Crippen LogP contribution < -0.4 is 0 Å². The summed E-state index contributed by atoms with van der Waals surface area (Å²) in [5.74, 6) is -0.00394. The number of carbonyl (C=O) groups excluding carboxylic acids is 1. The predicted octanol–water partition coefficient (Wildman–Crippen LogP) is 0.495. The lowest BCUT2D eigenvalue weighted by Gasteiger charge is -2.32. The Kier molecular flexibility index (Phi) is 4.50. The van der Waals surface area contributed by atoms with E-state index < -0.39 is 6.04 Å². The summed E-state index contributed by atoms with van der Waals surface area (Å²) in [4.78, 5) is 20.1. The van der Waals surface area contributed by atoms with Crippen LogP contribution in [-0.2, 0) is 11.3 Å². The van der Waals surface area contributed by atoms with Gasteiger partial charge in [-0.15, -0.1) is 0 Å². The van der Waals surface area contributed by atoms with Crippen molar-refractivity contribution in [2.45, 2.75) is 32.0 Å². The summed E-state index contributed by atoms with van der Waals surface area (Å²) in [6.45, 7) is 3.33. The zero-order chi connectivity index (χ0) is 13.8. The molecule has 0 spiro atoms. The van der Waals surface area contributed by atoms with E-state index in [2.05, 4.69) is 16.8 Å². The van der Waals surface area contributed by atoms with E-state index in [4.69, 9.17) is 0 Å². The molecule has 5 nitrogen and oxygen atoms in total. The summed E-state index contributed by atoms with van der Waals surface area (Å²) in [5, 5.41) is 9.57. The quantitative estimate of drug-likeness (QED) is 0.862. The van der Waals surface area contributed by atoms with Gasteiger partial charge in [-0.3, -0.25) is 14.7 Å². The molecule has 0 saturated carbocycles. The third kappa shape index (κ3) is 3.11. The van der Waals surface area contributed by atoms with Gasteiger partial charge in [0.05, 0.1) is 6.61 Å². The highest BCUT2D eigenvalue weighted by molar-refractivity contribution is 5.82. The van der Waals surface area contributed by atoms with Gasteiger partial charge in [-0.2, -0.15) is 0 Å². The SMILES string of the molecule is CC1CCN(C)C(=O)C(CO)N1Cc1cccnc1. The third-order valence-electron chi connectivity index (χ3n) is 3.77. The largest absolute Gasteiger partial charge is 0.394 e. The summed E-state index contributed by atoms with van der Waals surface area (Å²) in [6, 6.07) is 3.68. The highest BCUT2D eigenvalue weighted by Gasteiger charge is 2.34. The minimum absolute atomic E-state index is 0.00394. The van der Waals surface area contributed by atoms with E-state index in [1.165, 1.54) is 0 Å². The molecule has 19 heavy (non-hydrogen) atoms. The molecule has 2 atom stereocenters. The fourth-order valence-corrected chi connectivity index (χ4v) is 2.51. The van der Waals surface area contributed by atoms with Crippen LogP contribution in [0.2, 0.25) is 0 Å². The van der Waals surface area contributed by atoms with Gasteiger partial charge >= 0.3 is 0 Å². The molecule has 1 aliphatic rings. The van der Waals surface area contributed by atoms with Gasteiger partial charge in [0.2, 0.25) is 5.91 Å². The molecule has 0 radical (unpaired) electrons. The first-order valence-corrected chi connectivity index (χ1v) is 6.64. The number of pyridine rings is 1. The van der Waals surface area contributed by atoms with Gasteiger partial charge in [-0.05, 0) is 25.0 Å². The van der Waals surface area contributed by atoms with E-state index in [-0.39, 0.29) is 18.6 Å². The molecule has 2 heterocycles. The number of amides is 1. The van der Waals surface area contributed by atoms with E-state index in [1.54, 1.807) is 24.3 Å². The van der Waals surface area contributed by atoms with Gasteiger partial charge in [0.1, 0.15) is 6.04 Å². The second kappa shape index (κ2) is 6.12. The highest BCUT2D eigenvalue weighted by Crippen LogP contribution is 2.19. The lowest BCUT2D eigenvalue weighted by Crippen LogP contribution is -2.49. The molecule has 1 aromatic heterocycles. The van der Waals surface area contributed by atoms with Gasteiger partial charge in [0.25, 0.3) is 0 Å². The fourth-order valence-electron chi connectivity index (χ4n) is 2.51. The van der Waals surface area contributed by atoms with Crippen molar-refractivity contribution in [1.82, 2.24) is 14.8 Å². The Morgan fingerprint density at radius 3 is 2.95 bits per heavy atom. The smallest absolute Gasteiger partial charge is 0.242 e. The lowest BCUT2D eigenvalue weighted by atomic mass is 10.1. The second-order valence-corrected chi connectivity index (χ2v) is 5.13. The topological polar surface area (TPSA) is 56.7 Å². The maximum Gasteiger partial charge on any atom is 0.242 e. The van der Waals surface area contributed by atoms with Crippen molar-refractivity contribution in [1.29, 1.82) is 0 Å². The zero-order valence-corrected chi connectivity index (χ0v) is 11.5. The first-order chi connectivity index (χ1) is 9.13. The Morgan fingerprint density at radius 2 is 2.32 bits per heavy atom. The number of rotatable bonds is 3. The van der Waals surface area contributed by atoms with Crippen LogP contribution in [0.1, 0.15) is 18.9 Å². The molecule has 1 aliphatic heterocycles. The first-order valence-electron chi connectivity index (χ1n) is 6.64. The average molecular weight is 263 g/mol. The molecule has 2 unspecified atom stereocenters. The number of aliphatic hydroxyl groups is 1. The lowest BCUT2D eigenvalue weighted by molar-refractivity contribution is -0.136. The molecule has 0 bridgehead atoms. The van der Waals surface area contributed by atoms with Crippen LogP contribution in [0.4, 0.5) is 0 Å². The van der Waals surface area contributed by atoms with Crippen LogP contribution in [0.15, 0.2) is 24.5 Å². The van der Waals surface area contributed by atoms with Gasteiger partial charge in [-0.25, -0.2) is 0 Å². The fraction of sp³-hybridized carbons (Fsp3) is 0.571. The maximum atomic E-state index is 12.2. The number of hydrogen-bond donors (Lipinski definition) is 1. The molecule has 0 aliphatic carbocycles. The Balaban J connectivity index is 2.21. The van der Waals surface area contributed by atoms with Crippen LogP contribution in [0, 0.1) is 0 Å². The number of hydrogen-bond acceptors (Lipinski definition) is 4. The van der Waals surface area contributed by atoms with Crippen LogP contribution in [0.5, 0.6) is 0 Å².